The van der Waals surface area contributed by atoms with Gasteiger partial charge in [0.25, 0.3) is 0 Å². The van der Waals surface area contributed by atoms with E-state index in [-0.39, 0.29) is 5.92 Å². The Hall–Kier alpha value is -1.32. The summed E-state index contributed by atoms with van der Waals surface area (Å²) in [6, 6.07) is 11.3. The highest BCUT2D eigenvalue weighted by Crippen LogP contribution is 2.19. The van der Waals surface area contributed by atoms with Gasteiger partial charge in [-0.3, -0.25) is 4.79 Å². The summed E-state index contributed by atoms with van der Waals surface area (Å²) in [6.45, 7) is 0. The van der Waals surface area contributed by atoms with Crippen LogP contribution in [0.15, 0.2) is 41.8 Å². The van der Waals surface area contributed by atoms with Crippen molar-refractivity contribution in [2.75, 3.05) is 0 Å². The maximum absolute atomic E-state index is 11.3. The largest absolute Gasteiger partial charge is 0.481 e. The zero-order chi connectivity index (χ0) is 13.0. The van der Waals surface area contributed by atoms with Crippen molar-refractivity contribution < 1.29 is 9.90 Å². The minimum Gasteiger partial charge on any atom is -0.481 e. The van der Waals surface area contributed by atoms with Gasteiger partial charge in [0.1, 0.15) is 0 Å². The maximum atomic E-state index is 11.3. The highest BCUT2D eigenvalue weighted by Gasteiger charge is 2.19. The van der Waals surface area contributed by atoms with E-state index in [0.29, 0.717) is 17.9 Å². The fourth-order valence-electron chi connectivity index (χ4n) is 1.82. The number of benzene rings is 1. The number of aliphatic carboxylic acids is 1. The topological polar surface area (TPSA) is 37.3 Å². The van der Waals surface area contributed by atoms with Gasteiger partial charge in [0, 0.05) is 9.90 Å². The number of hydrogen-bond acceptors (Lipinski definition) is 2. The van der Waals surface area contributed by atoms with Crippen LogP contribution in [0.3, 0.4) is 0 Å². The Balaban J connectivity index is 2.06. The van der Waals surface area contributed by atoms with E-state index in [1.165, 1.54) is 0 Å². The predicted molar refractivity (Wildman–Crippen MR) is 74.3 cm³/mol. The average molecular weight is 281 g/mol. The third kappa shape index (κ3) is 3.59. The van der Waals surface area contributed by atoms with Crippen LogP contribution in [0.5, 0.6) is 0 Å². The molecule has 1 aromatic carbocycles. The van der Waals surface area contributed by atoms with Gasteiger partial charge in [0.2, 0.25) is 0 Å². The van der Waals surface area contributed by atoms with Gasteiger partial charge >= 0.3 is 5.97 Å². The molecule has 1 N–H and O–H groups in total. The Morgan fingerprint density at radius 3 is 2.50 bits per heavy atom. The summed E-state index contributed by atoms with van der Waals surface area (Å²) in [6.07, 6.45) is 1.11. The van der Waals surface area contributed by atoms with Crippen LogP contribution >= 0.6 is 22.9 Å². The Morgan fingerprint density at radius 1 is 1.22 bits per heavy atom. The van der Waals surface area contributed by atoms with Crippen LogP contribution in [0.25, 0.3) is 0 Å². The van der Waals surface area contributed by atoms with Gasteiger partial charge in [0.05, 0.1) is 5.92 Å². The highest BCUT2D eigenvalue weighted by atomic mass is 35.5. The van der Waals surface area contributed by atoms with Crippen molar-refractivity contribution in [3.8, 4) is 0 Å². The molecule has 0 amide bonds. The molecule has 0 aliphatic heterocycles. The van der Waals surface area contributed by atoms with E-state index >= 15 is 0 Å². The Labute approximate surface area is 115 Å². The van der Waals surface area contributed by atoms with Crippen molar-refractivity contribution in [1.29, 1.82) is 0 Å². The van der Waals surface area contributed by atoms with Crippen LogP contribution in [-0.2, 0) is 17.6 Å². The van der Waals surface area contributed by atoms with Gasteiger partial charge in [-0.05, 0) is 42.0 Å². The van der Waals surface area contributed by atoms with Crippen LogP contribution in [0.1, 0.15) is 10.4 Å². The van der Waals surface area contributed by atoms with E-state index in [1.54, 1.807) is 23.5 Å². The fourth-order valence-corrected chi connectivity index (χ4v) is 2.74. The van der Waals surface area contributed by atoms with E-state index in [4.69, 9.17) is 11.6 Å². The van der Waals surface area contributed by atoms with Crippen molar-refractivity contribution in [2.45, 2.75) is 12.8 Å². The predicted octanol–water partition coefficient (Wildman–Crippen LogP) is 3.89. The molecule has 1 heterocycles. The van der Waals surface area contributed by atoms with E-state index in [1.807, 2.05) is 29.6 Å². The molecule has 1 unspecified atom stereocenters. The number of carboxylic acids is 1. The Morgan fingerprint density at radius 2 is 1.94 bits per heavy atom. The standard InChI is InChI=1S/C14H13ClO2S/c15-12-5-3-10(4-6-12)8-11(14(16)17)9-13-2-1-7-18-13/h1-7,11H,8-9H2,(H,16,17). The molecule has 94 valence electrons. The van der Waals surface area contributed by atoms with Crippen LogP contribution < -0.4 is 0 Å². The summed E-state index contributed by atoms with van der Waals surface area (Å²) in [7, 11) is 0. The molecule has 0 fully saturated rings. The Kier molecular flexibility index (Phi) is 4.39. The number of carboxylic acid groups (broad SMARTS) is 1. The second-order valence-corrected chi connectivity index (χ2v) is 5.62. The summed E-state index contributed by atoms with van der Waals surface area (Å²) in [5.74, 6) is -1.14. The highest BCUT2D eigenvalue weighted by molar-refractivity contribution is 7.09. The zero-order valence-electron chi connectivity index (χ0n) is 9.67. The number of halogens is 1. The number of hydrogen-bond donors (Lipinski definition) is 1. The molecule has 1 aromatic heterocycles. The molecule has 0 aliphatic rings. The first-order valence-electron chi connectivity index (χ1n) is 5.65. The SMILES string of the molecule is O=C(O)C(Cc1ccc(Cl)cc1)Cc1cccs1. The molecule has 0 bridgehead atoms. The lowest BCUT2D eigenvalue weighted by molar-refractivity contribution is -0.141. The Bertz CT molecular complexity index is 505. The van der Waals surface area contributed by atoms with Crippen LogP contribution in [-0.4, -0.2) is 11.1 Å². The van der Waals surface area contributed by atoms with E-state index in [0.717, 1.165) is 10.4 Å². The third-order valence-electron chi connectivity index (χ3n) is 2.77. The second-order valence-electron chi connectivity index (χ2n) is 4.15. The molecule has 2 aromatic rings. The van der Waals surface area contributed by atoms with Gasteiger partial charge in [-0.15, -0.1) is 11.3 Å². The molecule has 1 atom stereocenters. The maximum Gasteiger partial charge on any atom is 0.307 e. The van der Waals surface area contributed by atoms with Gasteiger partial charge in [0.15, 0.2) is 0 Å². The molecule has 4 heteroatoms. The van der Waals surface area contributed by atoms with Crippen molar-refractivity contribution in [2.24, 2.45) is 5.92 Å². The first-order chi connectivity index (χ1) is 8.65. The zero-order valence-corrected chi connectivity index (χ0v) is 11.2. The van der Waals surface area contributed by atoms with Gasteiger partial charge in [-0.2, -0.15) is 0 Å². The lowest BCUT2D eigenvalue weighted by Gasteiger charge is -2.11. The van der Waals surface area contributed by atoms with E-state index in [9.17, 15) is 9.90 Å². The van der Waals surface area contributed by atoms with Crippen LogP contribution in [0.2, 0.25) is 5.02 Å². The molecular formula is C14H13ClO2S. The van der Waals surface area contributed by atoms with Crippen LogP contribution in [0, 0.1) is 5.92 Å². The third-order valence-corrected chi connectivity index (χ3v) is 3.92. The molecule has 0 spiro atoms. The number of carbonyl (C=O) groups is 1. The van der Waals surface area contributed by atoms with Gasteiger partial charge < -0.3 is 5.11 Å². The molecule has 0 aliphatic carbocycles. The monoisotopic (exact) mass is 280 g/mol. The van der Waals surface area contributed by atoms with E-state index in [2.05, 4.69) is 0 Å². The van der Waals surface area contributed by atoms with Crippen molar-refractivity contribution >= 4 is 28.9 Å². The molecule has 0 saturated carbocycles. The minimum atomic E-state index is -0.752. The van der Waals surface area contributed by atoms with Gasteiger partial charge in [-0.1, -0.05) is 29.8 Å². The normalized spacial score (nSPS) is 12.3. The van der Waals surface area contributed by atoms with E-state index < -0.39 is 5.97 Å². The lowest BCUT2D eigenvalue weighted by Crippen LogP contribution is -2.18. The minimum absolute atomic E-state index is 0.384. The second kappa shape index (κ2) is 6.03. The van der Waals surface area contributed by atoms with Crippen molar-refractivity contribution in [1.82, 2.24) is 0 Å². The van der Waals surface area contributed by atoms with Gasteiger partial charge in [-0.25, -0.2) is 0 Å². The molecule has 2 nitrogen and oxygen atoms in total. The number of thiophene rings is 1. The quantitative estimate of drug-likeness (QED) is 0.902. The summed E-state index contributed by atoms with van der Waals surface area (Å²) >= 11 is 7.41. The molecule has 0 saturated heterocycles. The fraction of sp³-hybridized carbons (Fsp3) is 0.214. The summed E-state index contributed by atoms with van der Waals surface area (Å²) in [4.78, 5) is 12.4. The smallest absolute Gasteiger partial charge is 0.307 e. The molecule has 2 rings (SSSR count). The van der Waals surface area contributed by atoms with Crippen LogP contribution in [0.4, 0.5) is 0 Å². The molecule has 0 radical (unpaired) electrons. The first-order valence-corrected chi connectivity index (χ1v) is 6.90. The lowest BCUT2D eigenvalue weighted by atomic mass is 9.96. The molecule has 18 heavy (non-hydrogen) atoms. The average Bonchev–Trinajstić information content (AvgIpc) is 2.84. The van der Waals surface area contributed by atoms with Crippen molar-refractivity contribution in [3.05, 3.63) is 57.2 Å². The van der Waals surface area contributed by atoms with Crippen molar-refractivity contribution in [3.63, 3.8) is 0 Å². The first kappa shape index (κ1) is 13.1. The number of rotatable bonds is 5. The summed E-state index contributed by atoms with van der Waals surface area (Å²) < 4.78 is 0. The summed E-state index contributed by atoms with van der Waals surface area (Å²) in [5.41, 5.74) is 1.00. The molecular weight excluding hydrogens is 268 g/mol. The summed E-state index contributed by atoms with van der Waals surface area (Å²) in [5, 5.41) is 11.9.